The molecule has 2 aromatic rings. The van der Waals surface area contributed by atoms with E-state index in [0.717, 1.165) is 19.3 Å². The monoisotopic (exact) mass is 404 g/mol. The van der Waals surface area contributed by atoms with Crippen LogP contribution < -0.4 is 4.74 Å². The molecule has 1 saturated heterocycles. The van der Waals surface area contributed by atoms with E-state index in [1.165, 1.54) is 26.2 Å². The van der Waals surface area contributed by atoms with E-state index >= 15 is 0 Å². The van der Waals surface area contributed by atoms with Gasteiger partial charge in [-0.2, -0.15) is 0 Å². The molecule has 2 aliphatic rings. The summed E-state index contributed by atoms with van der Waals surface area (Å²) >= 11 is 0. The van der Waals surface area contributed by atoms with Crippen LogP contribution in [0.5, 0.6) is 5.75 Å². The summed E-state index contributed by atoms with van der Waals surface area (Å²) < 4.78 is 54.8. The van der Waals surface area contributed by atoms with Crippen molar-refractivity contribution in [2.75, 3.05) is 13.2 Å². The standard InChI is InChI=1S/C24H27F3O2/c1-3-4-5-6-16-8-7-15(12-28-16)13-29-19-10-9-17-18-11-14(2)22(25)24(27)21(18)20(17)23(19)26/h9-11,15-16H,3-8,12-13H2,1-2H3. The van der Waals surface area contributed by atoms with Crippen molar-refractivity contribution in [3.63, 3.8) is 0 Å². The minimum Gasteiger partial charge on any atom is -0.490 e. The number of fused-ring (bicyclic) bond motifs is 4. The number of rotatable bonds is 7. The van der Waals surface area contributed by atoms with Crippen molar-refractivity contribution in [3.05, 3.63) is 41.2 Å². The molecule has 2 atom stereocenters. The molecule has 0 spiro atoms. The molecule has 156 valence electrons. The number of halogens is 3. The average Bonchev–Trinajstić information content (AvgIpc) is 2.71. The van der Waals surface area contributed by atoms with E-state index in [-0.39, 0.29) is 28.4 Å². The van der Waals surface area contributed by atoms with Gasteiger partial charge in [-0.1, -0.05) is 26.2 Å². The summed E-state index contributed by atoms with van der Waals surface area (Å²) in [5.41, 5.74) is 1.50. The Balaban J connectivity index is 1.38. The maximum Gasteiger partial charge on any atom is 0.173 e. The lowest BCUT2D eigenvalue weighted by Gasteiger charge is -2.30. The molecule has 0 saturated carbocycles. The van der Waals surface area contributed by atoms with Crippen molar-refractivity contribution in [2.45, 2.75) is 58.5 Å². The van der Waals surface area contributed by atoms with Gasteiger partial charge in [0.25, 0.3) is 0 Å². The minimum absolute atomic E-state index is 0.0157. The highest BCUT2D eigenvalue weighted by atomic mass is 19.2. The second-order valence-electron chi connectivity index (χ2n) is 8.25. The molecule has 2 unspecified atom stereocenters. The van der Waals surface area contributed by atoms with E-state index in [9.17, 15) is 13.2 Å². The third-order valence-corrected chi connectivity index (χ3v) is 6.10. The van der Waals surface area contributed by atoms with Crippen LogP contribution in [-0.4, -0.2) is 19.3 Å². The molecule has 1 heterocycles. The normalized spacial score (nSPS) is 20.0. The third-order valence-electron chi connectivity index (χ3n) is 6.10. The quantitative estimate of drug-likeness (QED) is 0.403. The van der Waals surface area contributed by atoms with Gasteiger partial charge < -0.3 is 9.47 Å². The lowest BCUT2D eigenvalue weighted by atomic mass is 9.78. The molecule has 1 aliphatic heterocycles. The molecule has 0 amide bonds. The molecule has 4 rings (SSSR count). The second kappa shape index (κ2) is 8.39. The zero-order chi connectivity index (χ0) is 20.5. The Morgan fingerprint density at radius 2 is 1.79 bits per heavy atom. The lowest BCUT2D eigenvalue weighted by molar-refractivity contribution is -0.0317. The fourth-order valence-electron chi connectivity index (χ4n) is 4.33. The van der Waals surface area contributed by atoms with Gasteiger partial charge >= 0.3 is 0 Å². The van der Waals surface area contributed by atoms with Gasteiger partial charge in [-0.3, -0.25) is 0 Å². The van der Waals surface area contributed by atoms with Crippen molar-refractivity contribution < 1.29 is 22.6 Å². The predicted octanol–water partition coefficient (Wildman–Crippen LogP) is 6.81. The van der Waals surface area contributed by atoms with Gasteiger partial charge in [-0.05, 0) is 61.1 Å². The molecule has 29 heavy (non-hydrogen) atoms. The van der Waals surface area contributed by atoms with Crippen molar-refractivity contribution in [1.82, 2.24) is 0 Å². The Hall–Kier alpha value is -2.01. The number of hydrogen-bond acceptors (Lipinski definition) is 2. The molecular weight excluding hydrogens is 377 g/mol. The Bertz CT molecular complexity index is 902. The number of hydrogen-bond donors (Lipinski definition) is 0. The molecule has 2 aromatic carbocycles. The van der Waals surface area contributed by atoms with Gasteiger partial charge in [0.05, 0.1) is 19.3 Å². The predicted molar refractivity (Wildman–Crippen MR) is 108 cm³/mol. The van der Waals surface area contributed by atoms with E-state index < -0.39 is 17.5 Å². The van der Waals surface area contributed by atoms with E-state index in [1.807, 2.05) is 0 Å². The molecule has 1 aliphatic carbocycles. The van der Waals surface area contributed by atoms with Crippen molar-refractivity contribution >= 4 is 0 Å². The maximum atomic E-state index is 14.9. The highest BCUT2D eigenvalue weighted by Gasteiger charge is 2.34. The molecule has 1 fully saturated rings. The number of benzene rings is 2. The van der Waals surface area contributed by atoms with Gasteiger partial charge in [0.1, 0.15) is 0 Å². The lowest BCUT2D eigenvalue weighted by Crippen LogP contribution is -2.29. The molecule has 5 heteroatoms. The van der Waals surface area contributed by atoms with Crippen LogP contribution in [-0.2, 0) is 4.74 Å². The van der Waals surface area contributed by atoms with Gasteiger partial charge in [0, 0.05) is 17.0 Å². The van der Waals surface area contributed by atoms with Crippen molar-refractivity contribution in [3.8, 4) is 28.0 Å². The SMILES string of the molecule is CCCCCC1CCC(COc2ccc3c(c2F)-c2c-3cc(C)c(F)c2F)CO1. The molecule has 2 nitrogen and oxygen atoms in total. The van der Waals surface area contributed by atoms with Crippen LogP contribution in [0.15, 0.2) is 18.2 Å². The van der Waals surface area contributed by atoms with Gasteiger partial charge in [-0.15, -0.1) is 0 Å². The third kappa shape index (κ3) is 3.77. The van der Waals surface area contributed by atoms with Crippen molar-refractivity contribution in [1.29, 1.82) is 0 Å². The second-order valence-corrected chi connectivity index (χ2v) is 8.25. The van der Waals surface area contributed by atoms with Crippen LogP contribution in [0, 0.1) is 30.3 Å². The summed E-state index contributed by atoms with van der Waals surface area (Å²) in [5, 5.41) is 0. The van der Waals surface area contributed by atoms with Crippen LogP contribution in [0.4, 0.5) is 13.2 Å². The highest BCUT2D eigenvalue weighted by molar-refractivity contribution is 6.03. The average molecular weight is 404 g/mol. The molecule has 0 radical (unpaired) electrons. The van der Waals surface area contributed by atoms with E-state index in [4.69, 9.17) is 9.47 Å². The van der Waals surface area contributed by atoms with E-state index in [0.29, 0.717) is 30.4 Å². The largest absolute Gasteiger partial charge is 0.490 e. The Labute approximate surface area is 170 Å². The number of unbranched alkanes of at least 4 members (excludes halogenated alkanes) is 2. The first-order valence-corrected chi connectivity index (χ1v) is 10.6. The smallest absolute Gasteiger partial charge is 0.173 e. The highest BCUT2D eigenvalue weighted by Crippen LogP contribution is 2.52. The molecule has 0 bridgehead atoms. The first-order valence-electron chi connectivity index (χ1n) is 10.6. The van der Waals surface area contributed by atoms with Crippen LogP contribution in [0.25, 0.3) is 22.3 Å². The fraction of sp³-hybridized carbons (Fsp3) is 0.500. The molecule has 0 aromatic heterocycles. The molecule has 0 N–H and O–H groups in total. The zero-order valence-corrected chi connectivity index (χ0v) is 17.0. The van der Waals surface area contributed by atoms with Crippen LogP contribution >= 0.6 is 0 Å². The molecular formula is C24H27F3O2. The van der Waals surface area contributed by atoms with Crippen molar-refractivity contribution in [2.24, 2.45) is 5.92 Å². The summed E-state index contributed by atoms with van der Waals surface area (Å²) in [6.07, 6.45) is 7.05. The summed E-state index contributed by atoms with van der Waals surface area (Å²) in [4.78, 5) is 0. The van der Waals surface area contributed by atoms with Gasteiger partial charge in [0.15, 0.2) is 23.2 Å². The van der Waals surface area contributed by atoms with Crippen LogP contribution in [0.2, 0.25) is 0 Å². The Morgan fingerprint density at radius 3 is 2.52 bits per heavy atom. The summed E-state index contributed by atoms with van der Waals surface area (Å²) in [7, 11) is 0. The minimum atomic E-state index is -0.988. The number of aryl methyl sites for hydroxylation is 1. The maximum absolute atomic E-state index is 14.9. The Morgan fingerprint density at radius 1 is 1.00 bits per heavy atom. The Kier molecular flexibility index (Phi) is 5.86. The van der Waals surface area contributed by atoms with Gasteiger partial charge in [0.2, 0.25) is 0 Å². The van der Waals surface area contributed by atoms with Crippen LogP contribution in [0.1, 0.15) is 51.0 Å². The fourth-order valence-corrected chi connectivity index (χ4v) is 4.33. The number of ether oxygens (including phenoxy) is 2. The van der Waals surface area contributed by atoms with E-state index in [2.05, 4.69) is 6.92 Å². The van der Waals surface area contributed by atoms with Gasteiger partial charge in [-0.25, -0.2) is 13.2 Å². The van der Waals surface area contributed by atoms with Crippen LogP contribution in [0.3, 0.4) is 0 Å². The summed E-state index contributed by atoms with van der Waals surface area (Å²) in [5.74, 6) is -2.23. The summed E-state index contributed by atoms with van der Waals surface area (Å²) in [6.45, 7) is 4.67. The first kappa shape index (κ1) is 20.3. The van der Waals surface area contributed by atoms with E-state index in [1.54, 1.807) is 18.2 Å². The zero-order valence-electron chi connectivity index (χ0n) is 17.0. The first-order chi connectivity index (χ1) is 14.0. The topological polar surface area (TPSA) is 18.5 Å². The summed E-state index contributed by atoms with van der Waals surface area (Å²) in [6, 6.07) is 4.85.